The zero-order chi connectivity index (χ0) is 9.26. The van der Waals surface area contributed by atoms with Crippen LogP contribution in [0.2, 0.25) is 0 Å². The van der Waals surface area contributed by atoms with Gasteiger partial charge in [0.05, 0.1) is 12.2 Å². The highest BCUT2D eigenvalue weighted by Gasteiger charge is 2.28. The molecule has 4 atom stereocenters. The van der Waals surface area contributed by atoms with Gasteiger partial charge in [-0.2, -0.15) is 11.0 Å². The zero-order valence-corrected chi connectivity index (χ0v) is 8.25. The van der Waals surface area contributed by atoms with Crippen LogP contribution in [0.1, 0.15) is 33.1 Å². The molecule has 2 aliphatic heterocycles. The minimum Gasteiger partial charge on any atom is -0.298 e. The zero-order valence-electron chi connectivity index (χ0n) is 8.25. The summed E-state index contributed by atoms with van der Waals surface area (Å²) in [5.41, 5.74) is 6.11. The van der Waals surface area contributed by atoms with Crippen LogP contribution in [0.25, 0.3) is 0 Å². The fourth-order valence-corrected chi connectivity index (χ4v) is 2.05. The van der Waals surface area contributed by atoms with Crippen molar-refractivity contribution in [1.82, 2.24) is 11.0 Å². The monoisotopic (exact) mass is 186 g/mol. The summed E-state index contributed by atoms with van der Waals surface area (Å²) in [6.07, 6.45) is 4.00. The molecule has 0 bridgehead atoms. The second-order valence-electron chi connectivity index (χ2n) is 4.19. The first-order valence-corrected chi connectivity index (χ1v) is 5.06. The Morgan fingerprint density at radius 1 is 1.00 bits per heavy atom. The van der Waals surface area contributed by atoms with E-state index < -0.39 is 0 Å². The molecule has 2 aliphatic rings. The van der Waals surface area contributed by atoms with E-state index in [0.717, 1.165) is 19.3 Å². The normalized spacial score (nSPS) is 45.7. The summed E-state index contributed by atoms with van der Waals surface area (Å²) in [6, 6.07) is 0.975. The minimum absolute atomic E-state index is 0.352. The van der Waals surface area contributed by atoms with Gasteiger partial charge in [0.2, 0.25) is 0 Å². The third kappa shape index (κ3) is 2.40. The van der Waals surface area contributed by atoms with Gasteiger partial charge in [-0.25, -0.2) is 0 Å². The van der Waals surface area contributed by atoms with Crippen molar-refractivity contribution in [3.05, 3.63) is 0 Å². The Balaban J connectivity index is 1.72. The lowest BCUT2D eigenvalue weighted by molar-refractivity contribution is 0.0258. The van der Waals surface area contributed by atoms with E-state index in [1.54, 1.807) is 0 Å². The van der Waals surface area contributed by atoms with E-state index >= 15 is 0 Å². The van der Waals surface area contributed by atoms with Crippen LogP contribution in [0.15, 0.2) is 0 Å². The van der Waals surface area contributed by atoms with Gasteiger partial charge in [0.25, 0.3) is 0 Å². The Hall–Kier alpha value is -0.160. The average Bonchev–Trinajstić information content (AvgIpc) is 2.62. The van der Waals surface area contributed by atoms with Crippen molar-refractivity contribution in [2.24, 2.45) is 0 Å². The Morgan fingerprint density at radius 3 is 1.77 bits per heavy atom. The second-order valence-corrected chi connectivity index (χ2v) is 4.19. The van der Waals surface area contributed by atoms with Crippen molar-refractivity contribution in [1.29, 1.82) is 0 Å². The van der Waals surface area contributed by atoms with Crippen molar-refractivity contribution in [2.75, 3.05) is 0 Å². The molecule has 0 radical (unpaired) electrons. The standard InChI is InChI=1S/C9H18N2O2/c1-6-3-8(10-12-6)5-9-4-7(2)13-11-9/h6-11H,3-5H2,1-2H3. The number of hydrogen-bond acceptors (Lipinski definition) is 4. The van der Waals surface area contributed by atoms with Crippen LogP contribution in [0.5, 0.6) is 0 Å². The second kappa shape index (κ2) is 3.92. The van der Waals surface area contributed by atoms with Gasteiger partial charge in [-0.1, -0.05) is 0 Å². The lowest BCUT2D eigenvalue weighted by atomic mass is 10.0. The molecule has 2 rings (SSSR count). The predicted octanol–water partition coefficient (Wildman–Crippen LogP) is 0.740. The van der Waals surface area contributed by atoms with Crippen molar-refractivity contribution >= 4 is 0 Å². The molecule has 0 aliphatic carbocycles. The van der Waals surface area contributed by atoms with Gasteiger partial charge in [0.15, 0.2) is 0 Å². The van der Waals surface area contributed by atoms with Crippen LogP contribution in [0.4, 0.5) is 0 Å². The molecule has 0 aromatic heterocycles. The van der Waals surface area contributed by atoms with E-state index in [1.807, 2.05) is 0 Å². The van der Waals surface area contributed by atoms with E-state index in [1.165, 1.54) is 0 Å². The van der Waals surface area contributed by atoms with Crippen LogP contribution in [-0.2, 0) is 9.68 Å². The van der Waals surface area contributed by atoms with Gasteiger partial charge in [0, 0.05) is 12.1 Å². The van der Waals surface area contributed by atoms with Gasteiger partial charge in [0.1, 0.15) is 0 Å². The topological polar surface area (TPSA) is 42.5 Å². The van der Waals surface area contributed by atoms with E-state index in [4.69, 9.17) is 9.68 Å². The molecule has 2 heterocycles. The quantitative estimate of drug-likeness (QED) is 0.667. The number of hydrogen-bond donors (Lipinski definition) is 2. The average molecular weight is 186 g/mol. The molecule has 0 spiro atoms. The number of nitrogens with one attached hydrogen (secondary N) is 2. The fraction of sp³-hybridized carbons (Fsp3) is 1.00. The molecule has 0 amide bonds. The molecule has 4 unspecified atom stereocenters. The summed E-state index contributed by atoms with van der Waals surface area (Å²) in [7, 11) is 0. The van der Waals surface area contributed by atoms with E-state index in [0.29, 0.717) is 24.3 Å². The Kier molecular flexibility index (Phi) is 2.83. The van der Waals surface area contributed by atoms with Crippen LogP contribution < -0.4 is 11.0 Å². The van der Waals surface area contributed by atoms with E-state index in [2.05, 4.69) is 24.8 Å². The van der Waals surface area contributed by atoms with Gasteiger partial charge in [-0.15, -0.1) is 0 Å². The molecule has 4 nitrogen and oxygen atoms in total. The maximum absolute atomic E-state index is 5.28. The van der Waals surface area contributed by atoms with Gasteiger partial charge >= 0.3 is 0 Å². The molecular formula is C9H18N2O2. The summed E-state index contributed by atoms with van der Waals surface area (Å²) in [6.45, 7) is 4.18. The summed E-state index contributed by atoms with van der Waals surface area (Å²) < 4.78 is 0. The minimum atomic E-state index is 0.352. The van der Waals surface area contributed by atoms with Crippen LogP contribution >= 0.6 is 0 Å². The lowest BCUT2D eigenvalue weighted by Crippen LogP contribution is -2.30. The van der Waals surface area contributed by atoms with E-state index in [9.17, 15) is 0 Å². The van der Waals surface area contributed by atoms with Crippen molar-refractivity contribution < 1.29 is 9.68 Å². The Labute approximate surface area is 78.9 Å². The maximum Gasteiger partial charge on any atom is 0.0778 e. The van der Waals surface area contributed by atoms with Gasteiger partial charge < -0.3 is 0 Å². The summed E-state index contributed by atoms with van der Waals surface area (Å²) in [5, 5.41) is 0. The number of hydroxylamine groups is 2. The van der Waals surface area contributed by atoms with Crippen molar-refractivity contribution in [2.45, 2.75) is 57.4 Å². The SMILES string of the molecule is CC1CC(CC2CC(C)ON2)NO1. The first kappa shape index (κ1) is 9.40. The molecule has 2 N–H and O–H groups in total. The Bertz CT molecular complexity index is 159. The van der Waals surface area contributed by atoms with Crippen molar-refractivity contribution in [3.63, 3.8) is 0 Å². The molecule has 2 saturated heterocycles. The first-order valence-electron chi connectivity index (χ1n) is 5.06. The highest BCUT2D eigenvalue weighted by atomic mass is 16.7. The number of rotatable bonds is 2. The van der Waals surface area contributed by atoms with Crippen LogP contribution in [-0.4, -0.2) is 24.3 Å². The fourth-order valence-electron chi connectivity index (χ4n) is 2.05. The lowest BCUT2D eigenvalue weighted by Gasteiger charge is -2.12. The van der Waals surface area contributed by atoms with Crippen molar-refractivity contribution in [3.8, 4) is 0 Å². The summed E-state index contributed by atoms with van der Waals surface area (Å²) >= 11 is 0. The smallest absolute Gasteiger partial charge is 0.0778 e. The van der Waals surface area contributed by atoms with E-state index in [-0.39, 0.29) is 0 Å². The Morgan fingerprint density at radius 2 is 1.46 bits per heavy atom. The third-order valence-corrected chi connectivity index (χ3v) is 2.67. The maximum atomic E-state index is 5.28. The highest BCUT2D eigenvalue weighted by molar-refractivity contribution is 4.81. The summed E-state index contributed by atoms with van der Waals surface area (Å²) in [5.74, 6) is 0. The molecular weight excluding hydrogens is 168 g/mol. The third-order valence-electron chi connectivity index (χ3n) is 2.67. The van der Waals surface area contributed by atoms with Gasteiger partial charge in [-0.3, -0.25) is 9.68 Å². The van der Waals surface area contributed by atoms with Crippen LogP contribution in [0.3, 0.4) is 0 Å². The van der Waals surface area contributed by atoms with Gasteiger partial charge in [-0.05, 0) is 33.1 Å². The highest BCUT2D eigenvalue weighted by Crippen LogP contribution is 2.19. The molecule has 76 valence electrons. The molecule has 13 heavy (non-hydrogen) atoms. The summed E-state index contributed by atoms with van der Waals surface area (Å²) in [4.78, 5) is 10.6. The molecule has 2 fully saturated rings. The molecule has 0 saturated carbocycles. The first-order chi connectivity index (χ1) is 6.24. The molecule has 0 aromatic carbocycles. The molecule has 4 heteroatoms. The van der Waals surface area contributed by atoms with Crippen LogP contribution in [0, 0.1) is 0 Å². The molecule has 0 aromatic rings. The predicted molar refractivity (Wildman–Crippen MR) is 48.8 cm³/mol. The largest absolute Gasteiger partial charge is 0.298 e.